The van der Waals surface area contributed by atoms with Crippen molar-refractivity contribution < 1.29 is 23.1 Å². The number of benzene rings is 2. The highest BCUT2D eigenvalue weighted by molar-refractivity contribution is 7.91. The number of likely N-dealkylation sites (tertiary alicyclic amines) is 1. The van der Waals surface area contributed by atoms with Crippen molar-refractivity contribution in [1.82, 2.24) is 4.90 Å². The Bertz CT molecular complexity index is 1280. The van der Waals surface area contributed by atoms with Crippen molar-refractivity contribution in [2.75, 3.05) is 11.5 Å². The number of carboxylic acids is 1. The number of carbonyl (C=O) groups excluding carboxylic acids is 1. The van der Waals surface area contributed by atoms with Crippen molar-refractivity contribution in [2.45, 2.75) is 70.4 Å². The van der Waals surface area contributed by atoms with E-state index in [1.54, 1.807) is 30.0 Å². The van der Waals surface area contributed by atoms with Gasteiger partial charge in [0, 0.05) is 22.0 Å². The van der Waals surface area contributed by atoms with Gasteiger partial charge in [-0.3, -0.25) is 9.59 Å². The summed E-state index contributed by atoms with van der Waals surface area (Å²) < 4.78 is 25.8. The van der Waals surface area contributed by atoms with Gasteiger partial charge < -0.3 is 10.0 Å². The number of halogens is 2. The van der Waals surface area contributed by atoms with Gasteiger partial charge in [-0.1, -0.05) is 60.8 Å². The van der Waals surface area contributed by atoms with Gasteiger partial charge in [-0.2, -0.15) is 0 Å². The van der Waals surface area contributed by atoms with Crippen LogP contribution in [0.15, 0.2) is 48.5 Å². The molecule has 1 saturated carbocycles. The maximum atomic E-state index is 14.1. The molecule has 0 bridgehead atoms. The lowest BCUT2D eigenvalue weighted by atomic mass is 9.67. The van der Waals surface area contributed by atoms with Gasteiger partial charge in [-0.15, -0.1) is 0 Å². The normalized spacial score (nSPS) is 25.2. The molecule has 1 saturated heterocycles. The van der Waals surface area contributed by atoms with Gasteiger partial charge >= 0.3 is 5.97 Å². The smallest absolute Gasteiger partial charge is 0.304 e. The van der Waals surface area contributed by atoms with Crippen molar-refractivity contribution in [1.29, 1.82) is 0 Å². The summed E-state index contributed by atoms with van der Waals surface area (Å²) >= 11 is 12.5. The first-order chi connectivity index (χ1) is 17.9. The lowest BCUT2D eigenvalue weighted by Crippen LogP contribution is -2.55. The van der Waals surface area contributed by atoms with Crippen LogP contribution in [-0.2, 0) is 19.4 Å². The summed E-state index contributed by atoms with van der Waals surface area (Å²) in [5, 5.41) is 10.8. The molecule has 0 spiro atoms. The predicted octanol–water partition coefficient (Wildman–Crippen LogP) is 6.53. The fourth-order valence-corrected chi connectivity index (χ4v) is 8.20. The number of carboxylic acid groups (broad SMARTS) is 1. The molecule has 0 unspecified atom stereocenters. The number of amides is 1. The molecule has 38 heavy (non-hydrogen) atoms. The average Bonchev–Trinajstić information content (AvgIpc) is 2.82. The van der Waals surface area contributed by atoms with Crippen LogP contribution in [-0.4, -0.2) is 47.8 Å². The van der Waals surface area contributed by atoms with Crippen molar-refractivity contribution >= 4 is 44.9 Å². The molecular formula is C29H35Cl2NO5S. The van der Waals surface area contributed by atoms with E-state index in [1.165, 1.54) is 0 Å². The molecule has 1 amide bonds. The first-order valence-corrected chi connectivity index (χ1v) is 15.7. The second-order valence-corrected chi connectivity index (χ2v) is 14.4. The summed E-state index contributed by atoms with van der Waals surface area (Å²) in [6.45, 7) is 3.56. The van der Waals surface area contributed by atoms with Crippen molar-refractivity contribution in [3.63, 3.8) is 0 Å². The molecule has 206 valence electrons. The molecule has 2 aromatic rings. The highest BCUT2D eigenvalue weighted by atomic mass is 35.5. The van der Waals surface area contributed by atoms with Gasteiger partial charge in [0.05, 0.1) is 29.4 Å². The van der Waals surface area contributed by atoms with E-state index >= 15 is 0 Å². The molecule has 2 aliphatic rings. The van der Waals surface area contributed by atoms with Crippen LogP contribution in [0.3, 0.4) is 0 Å². The predicted molar refractivity (Wildman–Crippen MR) is 150 cm³/mol. The van der Waals surface area contributed by atoms with Crippen LogP contribution in [0.1, 0.15) is 75.5 Å². The largest absolute Gasteiger partial charge is 0.481 e. The SMILES string of the molecule is C[C@@H](CCS(=O)(=O)CC1CCC1)N1C(=O)[C@@](C)(CC(=O)O)C[C@H](c2cccc(Cl)c2)[C@H]1c1ccc(Cl)cc1. The number of nitrogens with zero attached hydrogens (tertiary/aromatic N) is 1. The summed E-state index contributed by atoms with van der Waals surface area (Å²) in [7, 11) is -3.27. The van der Waals surface area contributed by atoms with Crippen LogP contribution in [0, 0.1) is 11.3 Å². The van der Waals surface area contributed by atoms with Gasteiger partial charge in [0.15, 0.2) is 9.84 Å². The molecule has 0 aromatic heterocycles. The standard InChI is InChI=1S/C29H35Cl2NO5S/c1-19(13-14-38(36,37)18-20-5-3-6-20)32-27(21-9-11-23(30)12-10-21)25(22-7-4-8-24(31)15-22)16-29(2,28(32)35)17-26(33)34/h4,7-12,15,19-20,25,27H,3,5-6,13-14,16-18H2,1-2H3,(H,33,34)/t19-,25+,27+,29+/m0/s1. The van der Waals surface area contributed by atoms with E-state index in [9.17, 15) is 23.1 Å². The van der Waals surface area contributed by atoms with Gasteiger partial charge in [-0.05, 0) is 73.9 Å². The van der Waals surface area contributed by atoms with Gasteiger partial charge in [0.1, 0.15) is 0 Å². The molecule has 1 aliphatic heterocycles. The Balaban J connectivity index is 1.75. The molecule has 2 aromatic carbocycles. The van der Waals surface area contributed by atoms with Crippen LogP contribution in [0.25, 0.3) is 0 Å². The topological polar surface area (TPSA) is 91.8 Å². The summed E-state index contributed by atoms with van der Waals surface area (Å²) in [6, 6.07) is 13.9. The third kappa shape index (κ3) is 6.54. The molecule has 1 N–H and O–H groups in total. The number of hydrogen-bond donors (Lipinski definition) is 1. The maximum Gasteiger partial charge on any atom is 0.304 e. The average molecular weight is 581 g/mol. The van der Waals surface area contributed by atoms with E-state index in [2.05, 4.69) is 0 Å². The molecule has 2 fully saturated rings. The number of aliphatic carboxylic acids is 1. The van der Waals surface area contributed by atoms with Crippen LogP contribution in [0.2, 0.25) is 10.0 Å². The fraction of sp³-hybridized carbons (Fsp3) is 0.517. The first kappa shape index (κ1) is 28.9. The molecule has 1 heterocycles. The molecule has 1 aliphatic carbocycles. The quantitative estimate of drug-likeness (QED) is 0.345. The summed E-state index contributed by atoms with van der Waals surface area (Å²) in [5.41, 5.74) is 0.589. The van der Waals surface area contributed by atoms with Gasteiger partial charge in [0.2, 0.25) is 5.91 Å². The first-order valence-electron chi connectivity index (χ1n) is 13.1. The zero-order valence-electron chi connectivity index (χ0n) is 21.8. The number of rotatable bonds is 10. The van der Waals surface area contributed by atoms with E-state index in [0.29, 0.717) is 16.5 Å². The minimum absolute atomic E-state index is 0.0146. The Kier molecular flexibility index (Phi) is 8.80. The van der Waals surface area contributed by atoms with Crippen LogP contribution < -0.4 is 0 Å². The van der Waals surface area contributed by atoms with Crippen LogP contribution in [0.5, 0.6) is 0 Å². The van der Waals surface area contributed by atoms with Gasteiger partial charge in [-0.25, -0.2) is 8.42 Å². The van der Waals surface area contributed by atoms with E-state index in [0.717, 1.165) is 30.4 Å². The Hall–Kier alpha value is -2.09. The number of carbonyl (C=O) groups is 2. The Morgan fingerprint density at radius 2 is 1.79 bits per heavy atom. The lowest BCUT2D eigenvalue weighted by molar-refractivity contribution is -0.160. The van der Waals surface area contributed by atoms with Crippen LogP contribution in [0.4, 0.5) is 0 Å². The minimum atomic E-state index is -3.27. The minimum Gasteiger partial charge on any atom is -0.481 e. The third-order valence-corrected chi connectivity index (χ3v) is 10.5. The Labute approximate surface area is 235 Å². The molecule has 6 nitrogen and oxygen atoms in total. The second kappa shape index (κ2) is 11.6. The Morgan fingerprint density at radius 3 is 2.37 bits per heavy atom. The number of hydrogen-bond acceptors (Lipinski definition) is 4. The van der Waals surface area contributed by atoms with Crippen molar-refractivity contribution in [3.8, 4) is 0 Å². The van der Waals surface area contributed by atoms with E-state index in [1.807, 2.05) is 37.3 Å². The third-order valence-electron chi connectivity index (χ3n) is 8.17. The number of sulfone groups is 1. The molecule has 4 atom stereocenters. The lowest BCUT2D eigenvalue weighted by Gasteiger charge is -2.51. The summed E-state index contributed by atoms with van der Waals surface area (Å²) in [6.07, 6.45) is 3.25. The van der Waals surface area contributed by atoms with E-state index in [-0.39, 0.29) is 42.1 Å². The molecule has 4 rings (SSSR count). The highest BCUT2D eigenvalue weighted by Gasteiger charge is 2.51. The monoisotopic (exact) mass is 579 g/mol. The van der Waals surface area contributed by atoms with Gasteiger partial charge in [0.25, 0.3) is 0 Å². The maximum absolute atomic E-state index is 14.1. The van der Waals surface area contributed by atoms with Crippen molar-refractivity contribution in [3.05, 3.63) is 69.7 Å². The van der Waals surface area contributed by atoms with E-state index < -0.39 is 33.3 Å². The van der Waals surface area contributed by atoms with Crippen LogP contribution >= 0.6 is 23.2 Å². The fourth-order valence-electron chi connectivity index (χ4n) is 5.95. The molecular weight excluding hydrogens is 545 g/mol. The second-order valence-electron chi connectivity index (χ2n) is 11.3. The number of piperidine rings is 1. The zero-order chi connectivity index (χ0) is 27.7. The molecule has 0 radical (unpaired) electrons. The summed E-state index contributed by atoms with van der Waals surface area (Å²) in [5.74, 6) is -1.17. The van der Waals surface area contributed by atoms with E-state index in [4.69, 9.17) is 23.2 Å². The Morgan fingerprint density at radius 1 is 1.11 bits per heavy atom. The highest BCUT2D eigenvalue weighted by Crippen LogP contribution is 2.52. The molecule has 9 heteroatoms. The zero-order valence-corrected chi connectivity index (χ0v) is 24.1. The van der Waals surface area contributed by atoms with Crippen molar-refractivity contribution in [2.24, 2.45) is 11.3 Å². The summed E-state index contributed by atoms with van der Waals surface area (Å²) in [4.78, 5) is 27.8.